The lowest BCUT2D eigenvalue weighted by Crippen LogP contribution is -2.00. The van der Waals surface area contributed by atoms with E-state index in [9.17, 15) is 0 Å². The number of methoxy groups -OCH3 is 1. The largest absolute Gasteiger partial charge is 0.495 e. The van der Waals surface area contributed by atoms with Crippen molar-refractivity contribution in [2.24, 2.45) is 4.99 Å². The van der Waals surface area contributed by atoms with E-state index in [0.29, 0.717) is 18.0 Å². The number of anilines is 2. The molecule has 3 aromatic rings. The van der Waals surface area contributed by atoms with Crippen LogP contribution in [0.1, 0.15) is 11.1 Å². The molecule has 0 amide bonds. The number of ether oxygens (including phenoxy) is 1. The van der Waals surface area contributed by atoms with E-state index in [2.05, 4.69) is 30.5 Å². The molecule has 0 bridgehead atoms. The first kappa shape index (κ1) is 11.8. The second-order valence-electron chi connectivity index (χ2n) is 4.70. The lowest BCUT2D eigenvalue weighted by Gasteiger charge is -2.12. The van der Waals surface area contributed by atoms with Crippen molar-refractivity contribution in [1.29, 1.82) is 0 Å². The zero-order valence-electron chi connectivity index (χ0n) is 11.3. The number of aromatic amines is 1. The van der Waals surface area contributed by atoms with Crippen molar-refractivity contribution in [3.63, 3.8) is 0 Å². The van der Waals surface area contributed by atoms with Gasteiger partial charge in [-0.05, 0) is 23.3 Å². The van der Waals surface area contributed by atoms with Crippen LogP contribution in [0.2, 0.25) is 0 Å². The minimum atomic E-state index is 0.682. The highest BCUT2D eigenvalue weighted by Crippen LogP contribution is 2.33. The quantitative estimate of drug-likeness (QED) is 0.766. The summed E-state index contributed by atoms with van der Waals surface area (Å²) in [5.74, 6) is 1.44. The molecule has 4 rings (SSSR count). The van der Waals surface area contributed by atoms with Gasteiger partial charge >= 0.3 is 0 Å². The van der Waals surface area contributed by atoms with Crippen molar-refractivity contribution in [2.45, 2.75) is 6.54 Å². The topological polar surface area (TPSA) is 88.1 Å². The van der Waals surface area contributed by atoms with Gasteiger partial charge in [-0.1, -0.05) is 0 Å². The Morgan fingerprint density at radius 1 is 1.29 bits per heavy atom. The fourth-order valence-corrected chi connectivity index (χ4v) is 2.40. The molecule has 2 N–H and O–H groups in total. The Morgan fingerprint density at radius 3 is 3.14 bits per heavy atom. The number of fused-ring (bicyclic) bond motifs is 2. The van der Waals surface area contributed by atoms with Gasteiger partial charge in [0.1, 0.15) is 17.9 Å². The molecule has 7 heteroatoms. The van der Waals surface area contributed by atoms with Gasteiger partial charge in [-0.3, -0.25) is 10.1 Å². The molecule has 1 aliphatic heterocycles. The van der Waals surface area contributed by atoms with Crippen LogP contribution in [0.25, 0.3) is 11.0 Å². The van der Waals surface area contributed by atoms with E-state index < -0.39 is 0 Å². The van der Waals surface area contributed by atoms with Gasteiger partial charge in [-0.25, -0.2) is 9.97 Å². The normalized spacial score (nSPS) is 12.6. The van der Waals surface area contributed by atoms with Crippen molar-refractivity contribution in [3.8, 4) is 5.75 Å². The first-order valence-electron chi connectivity index (χ1n) is 6.47. The van der Waals surface area contributed by atoms with Gasteiger partial charge in [-0.2, -0.15) is 5.10 Å². The van der Waals surface area contributed by atoms with Crippen LogP contribution in [0, 0.1) is 0 Å². The first-order valence-corrected chi connectivity index (χ1v) is 6.47. The zero-order valence-corrected chi connectivity index (χ0v) is 11.3. The summed E-state index contributed by atoms with van der Waals surface area (Å²) in [5.41, 5.74) is 3.78. The molecule has 0 radical (unpaired) electrons. The molecule has 3 heterocycles. The van der Waals surface area contributed by atoms with Crippen LogP contribution in [0.4, 0.5) is 11.5 Å². The highest BCUT2D eigenvalue weighted by atomic mass is 16.5. The number of benzene rings is 1. The summed E-state index contributed by atoms with van der Waals surface area (Å²) < 4.78 is 5.45. The van der Waals surface area contributed by atoms with Crippen LogP contribution in [-0.4, -0.2) is 33.5 Å². The predicted octanol–water partition coefficient (Wildman–Crippen LogP) is 2.04. The summed E-state index contributed by atoms with van der Waals surface area (Å²) in [5, 5.41) is 10.9. The Balaban J connectivity index is 1.80. The molecule has 0 unspecified atom stereocenters. The summed E-state index contributed by atoms with van der Waals surface area (Å²) in [6, 6.07) is 4.01. The lowest BCUT2D eigenvalue weighted by molar-refractivity contribution is 0.416. The molecule has 0 saturated carbocycles. The molecule has 21 heavy (non-hydrogen) atoms. The number of H-pyrrole nitrogens is 1. The molecule has 0 aliphatic carbocycles. The Hall–Kier alpha value is -2.96. The van der Waals surface area contributed by atoms with Gasteiger partial charge in [0.2, 0.25) is 0 Å². The number of rotatable bonds is 3. The van der Waals surface area contributed by atoms with Crippen LogP contribution >= 0.6 is 0 Å². The van der Waals surface area contributed by atoms with Crippen LogP contribution in [0.15, 0.2) is 29.6 Å². The van der Waals surface area contributed by atoms with Gasteiger partial charge in [0.15, 0.2) is 5.65 Å². The molecular weight excluding hydrogens is 268 g/mol. The molecule has 2 aromatic heterocycles. The fraction of sp³-hybridized carbons (Fsp3) is 0.143. The summed E-state index contributed by atoms with van der Waals surface area (Å²) in [6.45, 7) is 0.700. The lowest BCUT2D eigenvalue weighted by atomic mass is 10.1. The fourth-order valence-electron chi connectivity index (χ4n) is 2.40. The molecule has 0 saturated heterocycles. The molecule has 1 aromatic carbocycles. The second kappa shape index (κ2) is 4.55. The minimum absolute atomic E-state index is 0.682. The van der Waals surface area contributed by atoms with E-state index in [1.165, 1.54) is 6.33 Å². The standard InChI is InChI=1S/C14H12N6O/c1-21-12-3-9-5-15-4-8(9)2-11(12)19-13-10-6-18-20-14(10)17-7-16-13/h2-4,6-7H,5H2,1H3,(H2,16,17,18,19,20). The van der Waals surface area contributed by atoms with Crippen LogP contribution < -0.4 is 10.1 Å². The third-order valence-electron chi connectivity index (χ3n) is 3.45. The zero-order chi connectivity index (χ0) is 14.2. The van der Waals surface area contributed by atoms with Crippen molar-refractivity contribution >= 4 is 28.8 Å². The average Bonchev–Trinajstić information content (AvgIpc) is 3.15. The van der Waals surface area contributed by atoms with E-state index in [1.54, 1.807) is 13.3 Å². The summed E-state index contributed by atoms with van der Waals surface area (Å²) in [7, 11) is 1.65. The van der Waals surface area contributed by atoms with Crippen molar-refractivity contribution in [3.05, 3.63) is 35.8 Å². The van der Waals surface area contributed by atoms with Gasteiger partial charge < -0.3 is 10.1 Å². The van der Waals surface area contributed by atoms with Crippen LogP contribution in [-0.2, 0) is 6.54 Å². The molecule has 0 atom stereocenters. The highest BCUT2D eigenvalue weighted by molar-refractivity contribution is 5.91. The third kappa shape index (κ3) is 1.90. The molecule has 104 valence electrons. The molecule has 7 nitrogen and oxygen atoms in total. The third-order valence-corrected chi connectivity index (χ3v) is 3.45. The van der Waals surface area contributed by atoms with E-state index in [1.807, 2.05) is 18.3 Å². The average molecular weight is 280 g/mol. The van der Waals surface area contributed by atoms with Crippen molar-refractivity contribution in [2.75, 3.05) is 12.4 Å². The van der Waals surface area contributed by atoms with Crippen molar-refractivity contribution in [1.82, 2.24) is 20.2 Å². The maximum atomic E-state index is 5.45. The highest BCUT2D eigenvalue weighted by Gasteiger charge is 2.14. The minimum Gasteiger partial charge on any atom is -0.495 e. The number of hydrogen-bond acceptors (Lipinski definition) is 6. The number of nitrogens with one attached hydrogen (secondary N) is 2. The Bertz CT molecular complexity index is 854. The maximum absolute atomic E-state index is 5.45. The summed E-state index contributed by atoms with van der Waals surface area (Å²) in [6.07, 6.45) is 5.05. The van der Waals surface area contributed by atoms with Crippen LogP contribution in [0.3, 0.4) is 0 Å². The molecule has 0 spiro atoms. The number of aliphatic imine (C=N–C) groups is 1. The van der Waals surface area contributed by atoms with Gasteiger partial charge in [0, 0.05) is 6.21 Å². The predicted molar refractivity (Wildman–Crippen MR) is 79.3 cm³/mol. The second-order valence-corrected chi connectivity index (χ2v) is 4.70. The number of aromatic nitrogens is 4. The van der Waals surface area contributed by atoms with Gasteiger partial charge in [0.05, 0.1) is 30.9 Å². The molecule has 0 fully saturated rings. The van der Waals surface area contributed by atoms with Crippen molar-refractivity contribution < 1.29 is 4.74 Å². The van der Waals surface area contributed by atoms with E-state index in [0.717, 1.165) is 28.0 Å². The van der Waals surface area contributed by atoms with E-state index >= 15 is 0 Å². The van der Waals surface area contributed by atoms with Gasteiger partial charge in [0.25, 0.3) is 0 Å². The number of hydrogen-bond donors (Lipinski definition) is 2. The van der Waals surface area contributed by atoms with E-state index in [-0.39, 0.29) is 0 Å². The van der Waals surface area contributed by atoms with Crippen LogP contribution in [0.5, 0.6) is 5.75 Å². The number of nitrogens with zero attached hydrogens (tertiary/aromatic N) is 4. The first-order chi connectivity index (χ1) is 10.3. The maximum Gasteiger partial charge on any atom is 0.160 e. The molecule has 1 aliphatic rings. The molecular formula is C14H12N6O. The Labute approximate surface area is 120 Å². The smallest absolute Gasteiger partial charge is 0.160 e. The summed E-state index contributed by atoms with van der Waals surface area (Å²) in [4.78, 5) is 12.7. The SMILES string of the molecule is COc1cc2c(cc1Nc1ncnc3[nH]ncc13)C=NC2. The van der Waals surface area contributed by atoms with Gasteiger partial charge in [-0.15, -0.1) is 0 Å². The Kier molecular flexibility index (Phi) is 2.56. The van der Waals surface area contributed by atoms with E-state index in [4.69, 9.17) is 4.74 Å². The Morgan fingerprint density at radius 2 is 2.24 bits per heavy atom. The monoisotopic (exact) mass is 280 g/mol. The summed E-state index contributed by atoms with van der Waals surface area (Å²) >= 11 is 0.